The minimum atomic E-state index is 0.259. The van der Waals surface area contributed by atoms with E-state index in [0.29, 0.717) is 0 Å². The summed E-state index contributed by atoms with van der Waals surface area (Å²) in [6.45, 7) is 7.05. The molecule has 2 fully saturated rings. The Morgan fingerprint density at radius 2 is 1.83 bits per heavy atom. The van der Waals surface area contributed by atoms with Crippen LogP contribution in [0.4, 0.5) is 0 Å². The van der Waals surface area contributed by atoms with Crippen molar-refractivity contribution in [3.63, 3.8) is 0 Å². The summed E-state index contributed by atoms with van der Waals surface area (Å²) in [4.78, 5) is 2.69. The molecule has 0 spiro atoms. The fraction of sp³-hybridized carbons (Fsp3) is 1.00. The highest BCUT2D eigenvalue weighted by Gasteiger charge is 2.35. The van der Waals surface area contributed by atoms with Gasteiger partial charge in [0.2, 0.25) is 0 Å². The van der Waals surface area contributed by atoms with E-state index in [1.165, 1.54) is 44.9 Å². The Morgan fingerprint density at radius 3 is 2.44 bits per heavy atom. The van der Waals surface area contributed by atoms with Crippen LogP contribution in [0.1, 0.15) is 58.8 Å². The third kappa shape index (κ3) is 3.46. The summed E-state index contributed by atoms with van der Waals surface area (Å²) in [6.07, 6.45) is 9.46. The molecule has 0 aromatic carbocycles. The molecule has 1 unspecified atom stereocenters. The largest absolute Gasteiger partial charge is 0.395 e. The van der Waals surface area contributed by atoms with Gasteiger partial charge in [-0.25, -0.2) is 0 Å². The Kier molecular flexibility index (Phi) is 5.05. The summed E-state index contributed by atoms with van der Waals surface area (Å²) in [5, 5.41) is 12.9. The highest BCUT2D eigenvalue weighted by atomic mass is 16.3. The molecule has 18 heavy (non-hydrogen) atoms. The number of hydrogen-bond donors (Lipinski definition) is 2. The first kappa shape index (κ1) is 14.3. The molecule has 1 atom stereocenters. The number of nitrogens with zero attached hydrogens (tertiary/aromatic N) is 1. The highest BCUT2D eigenvalue weighted by molar-refractivity contribution is 4.93. The Morgan fingerprint density at radius 1 is 1.17 bits per heavy atom. The maximum absolute atomic E-state index is 9.47. The van der Waals surface area contributed by atoms with Crippen molar-refractivity contribution in [3.8, 4) is 0 Å². The van der Waals surface area contributed by atoms with E-state index in [9.17, 15) is 5.11 Å². The second-order valence-corrected chi connectivity index (χ2v) is 6.69. The molecular formula is C15H30N2O. The average molecular weight is 254 g/mol. The number of nitrogens with one attached hydrogen (secondary N) is 1. The first-order valence-electron chi connectivity index (χ1n) is 7.74. The fourth-order valence-corrected chi connectivity index (χ4v) is 3.61. The van der Waals surface area contributed by atoms with Crippen LogP contribution in [0.15, 0.2) is 0 Å². The van der Waals surface area contributed by atoms with E-state index in [4.69, 9.17) is 0 Å². The summed E-state index contributed by atoms with van der Waals surface area (Å²) >= 11 is 0. The monoisotopic (exact) mass is 254 g/mol. The standard InChI is InChI=1S/C15H30N2O/c1-15(2)9-10-16-13(12-18)11-17(15)14-7-5-3-4-6-8-14/h13-14,16,18H,3-12H2,1-2H3. The van der Waals surface area contributed by atoms with Gasteiger partial charge < -0.3 is 10.4 Å². The summed E-state index contributed by atoms with van der Waals surface area (Å²) in [5.41, 5.74) is 0.270. The molecule has 1 saturated heterocycles. The SMILES string of the molecule is CC1(C)CCNC(CO)CN1C1CCCCCC1. The molecule has 0 aromatic rings. The van der Waals surface area contributed by atoms with Crippen LogP contribution in [0.2, 0.25) is 0 Å². The van der Waals surface area contributed by atoms with Gasteiger partial charge in [-0.1, -0.05) is 25.7 Å². The van der Waals surface area contributed by atoms with Crippen molar-refractivity contribution >= 4 is 0 Å². The van der Waals surface area contributed by atoms with E-state index >= 15 is 0 Å². The van der Waals surface area contributed by atoms with E-state index in [0.717, 1.165) is 19.1 Å². The van der Waals surface area contributed by atoms with Crippen molar-refractivity contribution in [1.82, 2.24) is 10.2 Å². The molecule has 0 amide bonds. The molecule has 1 saturated carbocycles. The lowest BCUT2D eigenvalue weighted by atomic mass is 9.93. The predicted molar refractivity (Wildman–Crippen MR) is 75.8 cm³/mol. The molecule has 0 aromatic heterocycles. The number of hydrogen-bond acceptors (Lipinski definition) is 3. The van der Waals surface area contributed by atoms with Crippen molar-refractivity contribution in [3.05, 3.63) is 0 Å². The van der Waals surface area contributed by atoms with Gasteiger partial charge in [-0.15, -0.1) is 0 Å². The highest BCUT2D eigenvalue weighted by Crippen LogP contribution is 2.30. The van der Waals surface area contributed by atoms with Crippen LogP contribution >= 0.6 is 0 Å². The van der Waals surface area contributed by atoms with Crippen molar-refractivity contribution in [1.29, 1.82) is 0 Å². The third-order valence-corrected chi connectivity index (χ3v) is 4.85. The van der Waals surface area contributed by atoms with Gasteiger partial charge in [-0.3, -0.25) is 4.90 Å². The maximum Gasteiger partial charge on any atom is 0.0597 e. The summed E-state index contributed by atoms with van der Waals surface area (Å²) in [6, 6.07) is 0.992. The molecule has 2 rings (SSSR count). The van der Waals surface area contributed by atoms with Gasteiger partial charge in [0.15, 0.2) is 0 Å². The minimum Gasteiger partial charge on any atom is -0.395 e. The smallest absolute Gasteiger partial charge is 0.0597 e. The first-order valence-corrected chi connectivity index (χ1v) is 7.74. The van der Waals surface area contributed by atoms with Crippen LogP contribution in [0.3, 0.4) is 0 Å². The lowest BCUT2D eigenvalue weighted by Crippen LogP contribution is -2.52. The van der Waals surface area contributed by atoms with Crippen molar-refractivity contribution in [2.45, 2.75) is 76.4 Å². The van der Waals surface area contributed by atoms with E-state index in [-0.39, 0.29) is 18.2 Å². The summed E-state index contributed by atoms with van der Waals surface area (Å²) in [5.74, 6) is 0. The Balaban J connectivity index is 2.08. The van der Waals surface area contributed by atoms with Crippen LogP contribution in [-0.4, -0.2) is 47.3 Å². The van der Waals surface area contributed by atoms with Gasteiger partial charge in [0.05, 0.1) is 6.61 Å². The van der Waals surface area contributed by atoms with E-state index in [1.807, 2.05) is 0 Å². The lowest BCUT2D eigenvalue weighted by molar-refractivity contribution is 0.0533. The third-order valence-electron chi connectivity index (χ3n) is 4.85. The Bertz CT molecular complexity index is 247. The van der Waals surface area contributed by atoms with Crippen molar-refractivity contribution in [2.75, 3.05) is 19.7 Å². The predicted octanol–water partition coefficient (Wildman–Crippen LogP) is 2.14. The molecule has 1 aliphatic carbocycles. The molecular weight excluding hydrogens is 224 g/mol. The molecule has 1 aliphatic heterocycles. The van der Waals surface area contributed by atoms with Gasteiger partial charge in [0.1, 0.15) is 0 Å². The zero-order valence-corrected chi connectivity index (χ0v) is 12.1. The van der Waals surface area contributed by atoms with Gasteiger partial charge in [0.25, 0.3) is 0 Å². The lowest BCUT2D eigenvalue weighted by Gasteiger charge is -2.43. The van der Waals surface area contributed by atoms with E-state index < -0.39 is 0 Å². The van der Waals surface area contributed by atoms with Crippen LogP contribution in [0.5, 0.6) is 0 Å². The minimum absolute atomic E-state index is 0.259. The van der Waals surface area contributed by atoms with Crippen LogP contribution in [-0.2, 0) is 0 Å². The number of rotatable bonds is 2. The van der Waals surface area contributed by atoms with Gasteiger partial charge >= 0.3 is 0 Å². The summed E-state index contributed by atoms with van der Waals surface area (Å²) < 4.78 is 0. The Hall–Kier alpha value is -0.120. The molecule has 0 radical (unpaired) electrons. The molecule has 3 heteroatoms. The quantitative estimate of drug-likeness (QED) is 0.741. The van der Waals surface area contributed by atoms with Crippen molar-refractivity contribution < 1.29 is 5.11 Å². The molecule has 106 valence electrons. The Labute approximate surface area is 112 Å². The number of aliphatic hydroxyl groups is 1. The number of aliphatic hydroxyl groups excluding tert-OH is 1. The van der Waals surface area contributed by atoms with Gasteiger partial charge in [0, 0.05) is 24.2 Å². The molecule has 3 nitrogen and oxygen atoms in total. The van der Waals surface area contributed by atoms with Crippen LogP contribution < -0.4 is 5.32 Å². The molecule has 2 aliphatic rings. The van der Waals surface area contributed by atoms with E-state index in [2.05, 4.69) is 24.1 Å². The van der Waals surface area contributed by atoms with Crippen LogP contribution in [0, 0.1) is 0 Å². The zero-order valence-electron chi connectivity index (χ0n) is 12.1. The summed E-state index contributed by atoms with van der Waals surface area (Å²) in [7, 11) is 0. The molecule has 1 heterocycles. The van der Waals surface area contributed by atoms with Gasteiger partial charge in [-0.2, -0.15) is 0 Å². The molecule has 2 N–H and O–H groups in total. The maximum atomic E-state index is 9.47. The van der Waals surface area contributed by atoms with Gasteiger partial charge in [-0.05, 0) is 39.7 Å². The van der Waals surface area contributed by atoms with E-state index in [1.54, 1.807) is 0 Å². The second kappa shape index (κ2) is 6.36. The fourth-order valence-electron chi connectivity index (χ4n) is 3.61. The van der Waals surface area contributed by atoms with Crippen molar-refractivity contribution in [2.24, 2.45) is 0 Å². The average Bonchev–Trinajstić information content (AvgIpc) is 2.67. The normalized spacial score (nSPS) is 31.8. The molecule has 0 bridgehead atoms. The second-order valence-electron chi connectivity index (χ2n) is 6.69. The zero-order chi connectivity index (χ0) is 13.0. The first-order chi connectivity index (χ1) is 8.63. The topological polar surface area (TPSA) is 35.5 Å². The van der Waals surface area contributed by atoms with Crippen LogP contribution in [0.25, 0.3) is 0 Å².